The van der Waals surface area contributed by atoms with Crippen LogP contribution in [0.3, 0.4) is 0 Å². The number of morpholine rings is 1. The minimum atomic E-state index is -0.493. The number of ether oxygens (including phenoxy) is 1. The van der Waals surface area contributed by atoms with Crippen molar-refractivity contribution >= 4 is 17.5 Å². The summed E-state index contributed by atoms with van der Waals surface area (Å²) in [7, 11) is 0. The topological polar surface area (TPSA) is 103 Å². The van der Waals surface area contributed by atoms with E-state index in [4.69, 9.17) is 26.6 Å². The number of hydrogen-bond acceptors (Lipinski definition) is 8. The van der Waals surface area contributed by atoms with Crippen LogP contribution in [-0.2, 0) is 4.74 Å². The average Bonchev–Trinajstić information content (AvgIpc) is 3.19. The smallest absolute Gasteiger partial charge is 0.278 e. The van der Waals surface area contributed by atoms with Crippen LogP contribution < -0.4 is 10.6 Å². The molecule has 1 fully saturated rings. The lowest BCUT2D eigenvalue weighted by atomic mass is 10.1. The van der Waals surface area contributed by atoms with Gasteiger partial charge in [0.2, 0.25) is 5.95 Å². The molecule has 1 aliphatic heterocycles. The number of anilines is 1. The molecule has 0 aliphatic carbocycles. The number of benzene rings is 1. The van der Waals surface area contributed by atoms with Crippen LogP contribution in [0.5, 0.6) is 0 Å². The SMILES string of the molecule is NC(c1ccccc1)c1noc(-c2nc(N3CCOCC3)ncc2Cl)n1. The van der Waals surface area contributed by atoms with Crippen LogP contribution in [0.25, 0.3) is 11.6 Å². The van der Waals surface area contributed by atoms with E-state index in [0.29, 0.717) is 35.7 Å². The van der Waals surface area contributed by atoms with E-state index in [1.54, 1.807) is 0 Å². The molecule has 2 N–H and O–H groups in total. The Labute approximate surface area is 155 Å². The maximum atomic E-state index is 6.25. The van der Waals surface area contributed by atoms with E-state index < -0.39 is 6.04 Å². The van der Waals surface area contributed by atoms with Crippen molar-refractivity contribution in [1.82, 2.24) is 20.1 Å². The fraction of sp³-hybridized carbons (Fsp3) is 0.294. The highest BCUT2D eigenvalue weighted by atomic mass is 35.5. The molecule has 0 spiro atoms. The summed E-state index contributed by atoms with van der Waals surface area (Å²) in [6, 6.07) is 9.07. The van der Waals surface area contributed by atoms with E-state index in [1.165, 1.54) is 6.20 Å². The molecule has 0 bridgehead atoms. The highest BCUT2D eigenvalue weighted by Crippen LogP contribution is 2.27. The Balaban J connectivity index is 1.62. The molecule has 8 nitrogen and oxygen atoms in total. The van der Waals surface area contributed by atoms with Gasteiger partial charge in [0.25, 0.3) is 5.89 Å². The Hall–Kier alpha value is -2.55. The number of aromatic nitrogens is 4. The first kappa shape index (κ1) is 16.9. The van der Waals surface area contributed by atoms with Gasteiger partial charge in [-0.2, -0.15) is 4.98 Å². The minimum absolute atomic E-state index is 0.216. The lowest BCUT2D eigenvalue weighted by molar-refractivity contribution is 0.122. The zero-order chi connectivity index (χ0) is 17.9. The summed E-state index contributed by atoms with van der Waals surface area (Å²) in [6.45, 7) is 2.71. The lowest BCUT2D eigenvalue weighted by Gasteiger charge is -2.26. The van der Waals surface area contributed by atoms with Crippen LogP contribution in [0.15, 0.2) is 41.1 Å². The highest BCUT2D eigenvalue weighted by Gasteiger charge is 2.22. The van der Waals surface area contributed by atoms with Crippen LogP contribution in [-0.4, -0.2) is 46.4 Å². The van der Waals surface area contributed by atoms with Gasteiger partial charge in [-0.15, -0.1) is 0 Å². The summed E-state index contributed by atoms with van der Waals surface area (Å²) in [5.41, 5.74) is 7.50. The summed E-state index contributed by atoms with van der Waals surface area (Å²) in [5, 5.41) is 4.33. The quantitative estimate of drug-likeness (QED) is 0.742. The van der Waals surface area contributed by atoms with E-state index in [0.717, 1.165) is 18.7 Å². The van der Waals surface area contributed by atoms with Crippen molar-refractivity contribution in [2.45, 2.75) is 6.04 Å². The predicted molar refractivity (Wildman–Crippen MR) is 95.8 cm³/mol. The van der Waals surface area contributed by atoms with Gasteiger partial charge in [0.1, 0.15) is 0 Å². The van der Waals surface area contributed by atoms with Crippen molar-refractivity contribution in [3.8, 4) is 11.6 Å². The molecule has 4 rings (SSSR count). The van der Waals surface area contributed by atoms with Crippen LogP contribution in [0.4, 0.5) is 5.95 Å². The molecule has 3 heterocycles. The van der Waals surface area contributed by atoms with Crippen LogP contribution in [0.2, 0.25) is 5.02 Å². The van der Waals surface area contributed by atoms with Crippen molar-refractivity contribution < 1.29 is 9.26 Å². The molecule has 0 saturated carbocycles. The monoisotopic (exact) mass is 372 g/mol. The molecule has 1 atom stereocenters. The molecular weight excluding hydrogens is 356 g/mol. The Bertz CT molecular complexity index is 882. The largest absolute Gasteiger partial charge is 0.378 e. The van der Waals surface area contributed by atoms with E-state index in [2.05, 4.69) is 20.1 Å². The minimum Gasteiger partial charge on any atom is -0.378 e. The molecule has 1 aromatic carbocycles. The first-order valence-corrected chi connectivity index (χ1v) is 8.60. The second-order valence-electron chi connectivity index (χ2n) is 5.81. The van der Waals surface area contributed by atoms with Crippen molar-refractivity contribution in [2.24, 2.45) is 5.73 Å². The van der Waals surface area contributed by atoms with E-state index in [9.17, 15) is 0 Å². The third-order valence-corrected chi connectivity index (χ3v) is 4.38. The van der Waals surface area contributed by atoms with Crippen LogP contribution >= 0.6 is 11.6 Å². The maximum absolute atomic E-state index is 6.25. The fourth-order valence-corrected chi connectivity index (χ4v) is 2.86. The van der Waals surface area contributed by atoms with Gasteiger partial charge in [0.15, 0.2) is 11.5 Å². The zero-order valence-corrected chi connectivity index (χ0v) is 14.6. The summed E-state index contributed by atoms with van der Waals surface area (Å²) in [6.07, 6.45) is 1.54. The molecule has 3 aromatic rings. The molecule has 0 amide bonds. The molecule has 26 heavy (non-hydrogen) atoms. The number of nitrogens with two attached hydrogens (primary N) is 1. The van der Waals surface area contributed by atoms with Gasteiger partial charge in [0.05, 0.1) is 30.5 Å². The van der Waals surface area contributed by atoms with E-state index >= 15 is 0 Å². The van der Waals surface area contributed by atoms with Crippen molar-refractivity contribution in [1.29, 1.82) is 0 Å². The van der Waals surface area contributed by atoms with Gasteiger partial charge in [-0.3, -0.25) is 0 Å². The third kappa shape index (κ3) is 3.39. The van der Waals surface area contributed by atoms with Gasteiger partial charge in [-0.05, 0) is 5.56 Å². The van der Waals surface area contributed by atoms with Gasteiger partial charge < -0.3 is 19.9 Å². The number of halogens is 1. The Kier molecular flexibility index (Phi) is 4.79. The molecule has 9 heteroatoms. The molecule has 134 valence electrons. The second-order valence-corrected chi connectivity index (χ2v) is 6.22. The van der Waals surface area contributed by atoms with Gasteiger partial charge in [-0.1, -0.05) is 47.1 Å². The van der Waals surface area contributed by atoms with Gasteiger partial charge in [-0.25, -0.2) is 9.97 Å². The Morgan fingerprint density at radius 3 is 2.65 bits per heavy atom. The van der Waals surface area contributed by atoms with Crippen LogP contribution in [0, 0.1) is 0 Å². The number of hydrogen-bond donors (Lipinski definition) is 1. The van der Waals surface area contributed by atoms with E-state index in [-0.39, 0.29) is 5.89 Å². The number of nitrogens with zero attached hydrogens (tertiary/aromatic N) is 5. The lowest BCUT2D eigenvalue weighted by Crippen LogP contribution is -2.37. The second kappa shape index (κ2) is 7.36. The first-order valence-electron chi connectivity index (χ1n) is 8.22. The highest BCUT2D eigenvalue weighted by molar-refractivity contribution is 6.32. The summed E-state index contributed by atoms with van der Waals surface area (Å²) >= 11 is 6.25. The van der Waals surface area contributed by atoms with Gasteiger partial charge >= 0.3 is 0 Å². The standard InChI is InChI=1S/C17H17ClN6O2/c18-12-10-20-17(24-6-8-25-9-7-24)21-14(12)16-22-15(23-26-16)13(19)11-4-2-1-3-5-11/h1-5,10,13H,6-9,19H2. The average molecular weight is 373 g/mol. The van der Waals surface area contributed by atoms with Gasteiger partial charge in [0, 0.05) is 13.1 Å². The Morgan fingerprint density at radius 1 is 1.12 bits per heavy atom. The summed E-state index contributed by atoms with van der Waals surface area (Å²) in [4.78, 5) is 15.2. The van der Waals surface area contributed by atoms with Crippen molar-refractivity contribution in [3.63, 3.8) is 0 Å². The maximum Gasteiger partial charge on any atom is 0.278 e. The summed E-state index contributed by atoms with van der Waals surface area (Å²) < 4.78 is 10.7. The zero-order valence-electron chi connectivity index (χ0n) is 13.9. The molecule has 2 aromatic heterocycles. The molecule has 1 unspecified atom stereocenters. The molecule has 1 saturated heterocycles. The van der Waals surface area contributed by atoms with E-state index in [1.807, 2.05) is 35.2 Å². The third-order valence-electron chi connectivity index (χ3n) is 4.11. The van der Waals surface area contributed by atoms with Crippen LogP contribution in [0.1, 0.15) is 17.4 Å². The molecule has 0 radical (unpaired) electrons. The normalized spacial score (nSPS) is 15.8. The number of rotatable bonds is 4. The molecule has 1 aliphatic rings. The predicted octanol–water partition coefficient (Wildman–Crippen LogP) is 2.06. The first-order chi connectivity index (χ1) is 12.7. The molecular formula is C17H17ClN6O2. The van der Waals surface area contributed by atoms with Crippen molar-refractivity contribution in [2.75, 3.05) is 31.2 Å². The van der Waals surface area contributed by atoms with Crippen molar-refractivity contribution in [3.05, 3.63) is 52.9 Å². The fourth-order valence-electron chi connectivity index (χ4n) is 2.69. The Morgan fingerprint density at radius 2 is 1.88 bits per heavy atom. The summed E-state index contributed by atoms with van der Waals surface area (Å²) in [5.74, 6) is 1.14.